The van der Waals surface area contributed by atoms with Crippen molar-refractivity contribution in [2.45, 2.75) is 37.1 Å². The van der Waals surface area contributed by atoms with E-state index in [4.69, 9.17) is 4.42 Å². The van der Waals surface area contributed by atoms with E-state index in [9.17, 15) is 9.18 Å². The number of furan rings is 1. The summed E-state index contributed by atoms with van der Waals surface area (Å²) in [6, 6.07) is 9.94. The lowest BCUT2D eigenvalue weighted by atomic mass is 10.0. The summed E-state index contributed by atoms with van der Waals surface area (Å²) in [6.45, 7) is 0.460. The van der Waals surface area contributed by atoms with Gasteiger partial charge in [-0.2, -0.15) is 0 Å². The van der Waals surface area contributed by atoms with Crippen LogP contribution in [0.25, 0.3) is 0 Å². The predicted molar refractivity (Wildman–Crippen MR) is 92.9 cm³/mol. The number of benzene rings is 1. The van der Waals surface area contributed by atoms with E-state index in [0.29, 0.717) is 12.3 Å². The monoisotopic (exact) mass is 345 g/mol. The summed E-state index contributed by atoms with van der Waals surface area (Å²) >= 11 is 1.43. The lowest BCUT2D eigenvalue weighted by molar-refractivity contribution is -0.127. The molecule has 0 saturated heterocycles. The molecule has 126 valence electrons. The Balaban J connectivity index is 1.68. The van der Waals surface area contributed by atoms with E-state index in [0.717, 1.165) is 35.6 Å². The summed E-state index contributed by atoms with van der Waals surface area (Å²) in [5, 5.41) is 0. The average Bonchev–Trinajstić information content (AvgIpc) is 3.13. The van der Waals surface area contributed by atoms with E-state index in [1.54, 1.807) is 18.4 Å². The van der Waals surface area contributed by atoms with Crippen molar-refractivity contribution in [2.24, 2.45) is 0 Å². The van der Waals surface area contributed by atoms with Crippen LogP contribution in [0.1, 0.15) is 31.4 Å². The fourth-order valence-corrected chi connectivity index (χ4v) is 3.50. The lowest BCUT2D eigenvalue weighted by Crippen LogP contribution is -2.32. The molecule has 3 rings (SSSR count). The normalized spacial score (nSPS) is 14.3. The van der Waals surface area contributed by atoms with Crippen LogP contribution in [0.3, 0.4) is 0 Å². The molecule has 0 radical (unpaired) electrons. The molecule has 0 unspecified atom stereocenters. The number of nitrogens with zero attached hydrogens (tertiary/aromatic N) is 1. The van der Waals surface area contributed by atoms with E-state index < -0.39 is 0 Å². The molecule has 2 aromatic rings. The number of carbonyl (C=O) groups excluding carboxylic acids is 1. The van der Waals surface area contributed by atoms with Gasteiger partial charge in [0.25, 0.3) is 0 Å². The number of thioether (sulfide) groups is 1. The molecule has 0 saturated carbocycles. The number of carbonyl (C=O) groups is 1. The Morgan fingerprint density at radius 1 is 1.21 bits per heavy atom. The number of amides is 1. The summed E-state index contributed by atoms with van der Waals surface area (Å²) in [5.41, 5.74) is 1.09. The van der Waals surface area contributed by atoms with Crippen LogP contribution in [0.2, 0.25) is 0 Å². The highest BCUT2D eigenvalue weighted by Gasteiger charge is 2.21. The van der Waals surface area contributed by atoms with Gasteiger partial charge in [-0.05, 0) is 62.1 Å². The van der Waals surface area contributed by atoms with Crippen molar-refractivity contribution in [3.63, 3.8) is 0 Å². The van der Waals surface area contributed by atoms with E-state index in [2.05, 4.69) is 6.08 Å². The Hall–Kier alpha value is -2.01. The molecular weight excluding hydrogens is 325 g/mol. The molecule has 0 bridgehead atoms. The first-order valence-electron chi connectivity index (χ1n) is 8.12. The molecular formula is C19H20FNO2S. The van der Waals surface area contributed by atoms with Gasteiger partial charge in [-0.1, -0.05) is 6.08 Å². The largest absolute Gasteiger partial charge is 0.467 e. The first-order valence-corrected chi connectivity index (χ1v) is 9.11. The zero-order chi connectivity index (χ0) is 16.8. The van der Waals surface area contributed by atoms with Gasteiger partial charge in [-0.25, -0.2) is 4.39 Å². The molecule has 1 aliphatic rings. The first-order chi connectivity index (χ1) is 11.7. The Kier molecular flexibility index (Phi) is 5.75. The van der Waals surface area contributed by atoms with Gasteiger partial charge >= 0.3 is 0 Å². The van der Waals surface area contributed by atoms with Gasteiger partial charge in [-0.3, -0.25) is 4.79 Å². The van der Waals surface area contributed by atoms with Gasteiger partial charge in [0, 0.05) is 10.6 Å². The summed E-state index contributed by atoms with van der Waals surface area (Å²) in [6.07, 6.45) is 8.01. The molecule has 1 aromatic carbocycles. The number of hydrogen-bond acceptors (Lipinski definition) is 3. The second-order valence-electron chi connectivity index (χ2n) is 5.74. The smallest absolute Gasteiger partial charge is 0.237 e. The summed E-state index contributed by atoms with van der Waals surface area (Å²) < 4.78 is 18.4. The summed E-state index contributed by atoms with van der Waals surface area (Å²) in [7, 11) is 0. The van der Waals surface area contributed by atoms with Gasteiger partial charge < -0.3 is 9.32 Å². The highest BCUT2D eigenvalue weighted by Crippen LogP contribution is 2.25. The maximum atomic E-state index is 13.0. The van der Waals surface area contributed by atoms with E-state index >= 15 is 0 Å². The molecule has 24 heavy (non-hydrogen) atoms. The van der Waals surface area contributed by atoms with Crippen molar-refractivity contribution in [3.05, 3.63) is 66.0 Å². The maximum Gasteiger partial charge on any atom is 0.237 e. The number of halogens is 1. The van der Waals surface area contributed by atoms with E-state index in [1.165, 1.54) is 30.3 Å². The van der Waals surface area contributed by atoms with Gasteiger partial charge in [0.2, 0.25) is 5.91 Å². The average molecular weight is 345 g/mol. The van der Waals surface area contributed by atoms with Crippen LogP contribution < -0.4 is 0 Å². The Labute approximate surface area is 145 Å². The first kappa shape index (κ1) is 16.8. The number of rotatable bonds is 6. The molecule has 1 heterocycles. The fourth-order valence-electron chi connectivity index (χ4n) is 2.73. The third kappa shape index (κ3) is 4.51. The van der Waals surface area contributed by atoms with Crippen molar-refractivity contribution in [3.8, 4) is 0 Å². The number of allylic oxidation sites excluding steroid dienone is 2. The van der Waals surface area contributed by atoms with Crippen molar-refractivity contribution in [1.29, 1.82) is 0 Å². The van der Waals surface area contributed by atoms with Gasteiger partial charge in [0.05, 0.1) is 18.6 Å². The van der Waals surface area contributed by atoms with Crippen molar-refractivity contribution >= 4 is 17.7 Å². The van der Waals surface area contributed by atoms with Crippen molar-refractivity contribution < 1.29 is 13.6 Å². The topological polar surface area (TPSA) is 33.5 Å². The van der Waals surface area contributed by atoms with Crippen molar-refractivity contribution in [1.82, 2.24) is 4.90 Å². The predicted octanol–water partition coefficient (Wildman–Crippen LogP) is 5.00. The van der Waals surface area contributed by atoms with Crippen LogP contribution in [0.5, 0.6) is 0 Å². The fraction of sp³-hybridized carbons (Fsp3) is 0.316. The van der Waals surface area contributed by atoms with Gasteiger partial charge in [0.1, 0.15) is 11.6 Å². The van der Waals surface area contributed by atoms with Crippen LogP contribution in [-0.4, -0.2) is 16.6 Å². The van der Waals surface area contributed by atoms with Gasteiger partial charge in [0.15, 0.2) is 0 Å². The van der Waals surface area contributed by atoms with E-state index in [-0.39, 0.29) is 11.7 Å². The zero-order valence-corrected chi connectivity index (χ0v) is 14.2. The van der Waals surface area contributed by atoms with Crippen LogP contribution in [0.15, 0.2) is 63.7 Å². The van der Waals surface area contributed by atoms with Crippen molar-refractivity contribution in [2.75, 3.05) is 5.75 Å². The van der Waals surface area contributed by atoms with Crippen LogP contribution in [-0.2, 0) is 11.3 Å². The molecule has 3 nitrogen and oxygen atoms in total. The quantitative estimate of drug-likeness (QED) is 0.691. The third-order valence-electron chi connectivity index (χ3n) is 3.98. The van der Waals surface area contributed by atoms with Crippen LogP contribution in [0.4, 0.5) is 4.39 Å². The third-order valence-corrected chi connectivity index (χ3v) is 4.98. The minimum atomic E-state index is -0.266. The molecule has 1 aliphatic carbocycles. The molecule has 0 atom stereocenters. The Morgan fingerprint density at radius 3 is 2.71 bits per heavy atom. The Bertz CT molecular complexity index is 695. The molecule has 1 amide bonds. The second kappa shape index (κ2) is 8.20. The van der Waals surface area contributed by atoms with Crippen LogP contribution >= 0.6 is 11.8 Å². The SMILES string of the molecule is O=C(CSc1ccc(F)cc1)N(Cc1ccco1)C1=CCCCC1. The van der Waals surface area contributed by atoms with Crippen LogP contribution in [0, 0.1) is 5.82 Å². The molecule has 0 fully saturated rings. The minimum Gasteiger partial charge on any atom is -0.467 e. The standard InChI is InChI=1S/C19H20FNO2S/c20-15-8-10-18(11-9-15)24-14-19(22)21(13-17-7-4-12-23-17)16-5-2-1-3-6-16/h4-5,7-12H,1-3,6,13-14H2. The maximum absolute atomic E-state index is 13.0. The van der Waals surface area contributed by atoms with E-state index in [1.807, 2.05) is 17.0 Å². The zero-order valence-electron chi connectivity index (χ0n) is 13.4. The molecule has 0 spiro atoms. The summed E-state index contributed by atoms with van der Waals surface area (Å²) in [5.74, 6) is 0.886. The highest BCUT2D eigenvalue weighted by molar-refractivity contribution is 8.00. The lowest BCUT2D eigenvalue weighted by Gasteiger charge is -2.27. The molecule has 0 aliphatic heterocycles. The molecule has 5 heteroatoms. The molecule has 0 N–H and O–H groups in total. The summed E-state index contributed by atoms with van der Waals surface area (Å²) in [4.78, 5) is 15.5. The molecule has 1 aromatic heterocycles. The highest BCUT2D eigenvalue weighted by atomic mass is 32.2. The minimum absolute atomic E-state index is 0.0499. The Morgan fingerprint density at radius 2 is 2.04 bits per heavy atom. The second-order valence-corrected chi connectivity index (χ2v) is 6.79. The van der Waals surface area contributed by atoms with Gasteiger partial charge in [-0.15, -0.1) is 11.8 Å². The number of hydrogen-bond donors (Lipinski definition) is 0.